The van der Waals surface area contributed by atoms with Crippen LogP contribution in [0.4, 0.5) is 0 Å². The highest BCUT2D eigenvalue weighted by atomic mass is 16.5. The summed E-state index contributed by atoms with van der Waals surface area (Å²) in [6, 6.07) is 4.15. The Kier molecular flexibility index (Phi) is 3.21. The zero-order valence-corrected chi connectivity index (χ0v) is 11.0. The van der Waals surface area contributed by atoms with Gasteiger partial charge in [0.25, 0.3) is 0 Å². The highest BCUT2D eigenvalue weighted by molar-refractivity contribution is 5.68. The van der Waals surface area contributed by atoms with Crippen LogP contribution in [-0.2, 0) is 19.4 Å². The molecule has 0 aliphatic heterocycles. The second kappa shape index (κ2) is 5.01. The summed E-state index contributed by atoms with van der Waals surface area (Å²) in [4.78, 5) is 4.27. The average molecular weight is 259 g/mol. The van der Waals surface area contributed by atoms with Crippen LogP contribution in [-0.4, -0.2) is 17.3 Å². The van der Waals surface area contributed by atoms with E-state index in [0.29, 0.717) is 11.7 Å². The number of benzene rings is 1. The van der Waals surface area contributed by atoms with Crippen LogP contribution >= 0.6 is 0 Å². The van der Waals surface area contributed by atoms with Crippen molar-refractivity contribution in [3.8, 4) is 17.1 Å². The first-order chi connectivity index (χ1) is 9.33. The molecule has 3 rings (SSSR count). The zero-order valence-electron chi connectivity index (χ0n) is 11.0. The van der Waals surface area contributed by atoms with Crippen LogP contribution in [0.3, 0.4) is 0 Å². The first-order valence-electron chi connectivity index (χ1n) is 6.55. The Morgan fingerprint density at radius 3 is 2.89 bits per heavy atom. The minimum absolute atomic E-state index is 0.250. The highest BCUT2D eigenvalue weighted by Crippen LogP contribution is 2.37. The van der Waals surface area contributed by atoms with Gasteiger partial charge in [0.1, 0.15) is 5.75 Å². The van der Waals surface area contributed by atoms with Gasteiger partial charge in [0.05, 0.1) is 19.2 Å². The standard InChI is InChI=1S/C14H17N3O2/c1-18-13-10-5-3-2-4-9(10)6-7-11(13)14-16-12(8-15)19-17-14/h6-7H,2-5,8,15H2,1H3. The third kappa shape index (κ3) is 2.10. The average Bonchev–Trinajstić information content (AvgIpc) is 2.94. The second-order valence-corrected chi connectivity index (χ2v) is 4.71. The fraction of sp³-hybridized carbons (Fsp3) is 0.429. The lowest BCUT2D eigenvalue weighted by Gasteiger charge is -2.20. The molecule has 0 saturated carbocycles. The van der Waals surface area contributed by atoms with Gasteiger partial charge in [0.15, 0.2) is 0 Å². The summed E-state index contributed by atoms with van der Waals surface area (Å²) in [6.07, 6.45) is 4.61. The lowest BCUT2D eigenvalue weighted by atomic mass is 9.89. The molecule has 0 radical (unpaired) electrons. The summed E-state index contributed by atoms with van der Waals surface area (Å²) in [5.41, 5.74) is 9.03. The van der Waals surface area contributed by atoms with Crippen LogP contribution in [0.1, 0.15) is 29.9 Å². The molecular formula is C14H17N3O2. The molecule has 0 saturated heterocycles. The Bertz CT molecular complexity index is 592. The molecule has 1 aromatic carbocycles. The maximum atomic E-state index is 5.59. The molecule has 1 aliphatic rings. The molecular weight excluding hydrogens is 242 g/mol. The van der Waals surface area contributed by atoms with Crippen molar-refractivity contribution >= 4 is 0 Å². The molecule has 0 amide bonds. The van der Waals surface area contributed by atoms with Crippen LogP contribution < -0.4 is 10.5 Å². The van der Waals surface area contributed by atoms with E-state index >= 15 is 0 Å². The van der Waals surface area contributed by atoms with Crippen LogP contribution in [0.5, 0.6) is 5.75 Å². The molecule has 5 heteroatoms. The summed E-state index contributed by atoms with van der Waals surface area (Å²) in [5.74, 6) is 1.86. The van der Waals surface area contributed by atoms with Crippen molar-refractivity contribution < 1.29 is 9.26 Å². The van der Waals surface area contributed by atoms with Crippen LogP contribution in [0.25, 0.3) is 11.4 Å². The first-order valence-corrected chi connectivity index (χ1v) is 6.55. The smallest absolute Gasteiger partial charge is 0.240 e. The Balaban J connectivity index is 2.10. The van der Waals surface area contributed by atoms with Gasteiger partial charge < -0.3 is 15.0 Å². The van der Waals surface area contributed by atoms with E-state index in [2.05, 4.69) is 16.2 Å². The normalized spacial score (nSPS) is 14.2. The van der Waals surface area contributed by atoms with E-state index < -0.39 is 0 Å². The van der Waals surface area contributed by atoms with Crippen molar-refractivity contribution in [1.29, 1.82) is 0 Å². The van der Waals surface area contributed by atoms with Crippen molar-refractivity contribution in [1.82, 2.24) is 10.1 Å². The van der Waals surface area contributed by atoms with Crippen molar-refractivity contribution in [2.45, 2.75) is 32.2 Å². The predicted molar refractivity (Wildman–Crippen MR) is 70.8 cm³/mol. The van der Waals surface area contributed by atoms with Crippen LogP contribution in [0.2, 0.25) is 0 Å². The Morgan fingerprint density at radius 2 is 2.16 bits per heavy atom. The van der Waals surface area contributed by atoms with Gasteiger partial charge in [-0.1, -0.05) is 11.2 Å². The summed E-state index contributed by atoms with van der Waals surface area (Å²) in [5, 5.41) is 3.97. The zero-order chi connectivity index (χ0) is 13.2. The molecule has 0 bridgehead atoms. The molecule has 5 nitrogen and oxygen atoms in total. The number of aromatic nitrogens is 2. The van der Waals surface area contributed by atoms with Gasteiger partial charge in [-0.25, -0.2) is 0 Å². The third-order valence-electron chi connectivity index (χ3n) is 3.57. The highest BCUT2D eigenvalue weighted by Gasteiger charge is 2.20. The van der Waals surface area contributed by atoms with Crippen molar-refractivity contribution in [3.05, 3.63) is 29.2 Å². The van der Waals surface area contributed by atoms with Crippen LogP contribution in [0.15, 0.2) is 16.7 Å². The quantitative estimate of drug-likeness (QED) is 0.913. The topological polar surface area (TPSA) is 74.2 Å². The molecule has 100 valence electrons. The molecule has 2 N–H and O–H groups in total. The molecule has 0 fully saturated rings. The predicted octanol–water partition coefficient (Wildman–Crippen LogP) is 2.08. The van der Waals surface area contributed by atoms with Crippen molar-refractivity contribution in [2.75, 3.05) is 7.11 Å². The number of aryl methyl sites for hydroxylation is 1. The van der Waals surface area contributed by atoms with Crippen molar-refractivity contribution in [2.24, 2.45) is 5.73 Å². The molecule has 0 unspecified atom stereocenters. The number of rotatable bonds is 3. The summed E-state index contributed by atoms with van der Waals surface area (Å²) < 4.78 is 10.7. The van der Waals surface area contributed by atoms with Gasteiger partial charge in [-0.2, -0.15) is 4.98 Å². The molecule has 1 aromatic heterocycles. The number of ether oxygens (including phenoxy) is 1. The Labute approximate surface area is 111 Å². The van der Waals surface area contributed by atoms with E-state index in [9.17, 15) is 0 Å². The molecule has 19 heavy (non-hydrogen) atoms. The number of fused-ring (bicyclic) bond motifs is 1. The number of nitrogens with zero attached hydrogens (tertiary/aromatic N) is 2. The van der Waals surface area contributed by atoms with E-state index in [1.165, 1.54) is 24.0 Å². The van der Waals surface area contributed by atoms with E-state index in [4.69, 9.17) is 15.0 Å². The Morgan fingerprint density at radius 1 is 1.32 bits per heavy atom. The SMILES string of the molecule is COc1c(-c2noc(CN)n2)ccc2c1CCCC2. The maximum absolute atomic E-state index is 5.59. The molecule has 2 aromatic rings. The largest absolute Gasteiger partial charge is 0.496 e. The van der Waals surface area contributed by atoms with Gasteiger partial charge in [-0.15, -0.1) is 0 Å². The van der Waals surface area contributed by atoms with Gasteiger partial charge in [0, 0.05) is 0 Å². The molecule has 1 heterocycles. The summed E-state index contributed by atoms with van der Waals surface area (Å²) in [7, 11) is 1.69. The first kappa shape index (κ1) is 12.2. The number of hydrogen-bond acceptors (Lipinski definition) is 5. The lowest BCUT2D eigenvalue weighted by molar-refractivity contribution is 0.379. The van der Waals surface area contributed by atoms with E-state index in [1.54, 1.807) is 7.11 Å². The van der Waals surface area contributed by atoms with E-state index in [0.717, 1.165) is 24.2 Å². The van der Waals surface area contributed by atoms with E-state index in [1.807, 2.05) is 6.07 Å². The summed E-state index contributed by atoms with van der Waals surface area (Å²) >= 11 is 0. The number of methoxy groups -OCH3 is 1. The Hall–Kier alpha value is -1.88. The maximum Gasteiger partial charge on any atom is 0.240 e. The van der Waals surface area contributed by atoms with Gasteiger partial charge >= 0.3 is 0 Å². The van der Waals surface area contributed by atoms with Crippen LogP contribution in [0, 0.1) is 0 Å². The monoisotopic (exact) mass is 259 g/mol. The van der Waals surface area contributed by atoms with Gasteiger partial charge in [0.2, 0.25) is 11.7 Å². The molecule has 0 atom stereocenters. The van der Waals surface area contributed by atoms with E-state index in [-0.39, 0.29) is 6.54 Å². The van der Waals surface area contributed by atoms with Gasteiger partial charge in [-0.05, 0) is 42.9 Å². The molecule has 0 spiro atoms. The van der Waals surface area contributed by atoms with Crippen molar-refractivity contribution in [3.63, 3.8) is 0 Å². The third-order valence-corrected chi connectivity index (χ3v) is 3.57. The fourth-order valence-corrected chi connectivity index (χ4v) is 2.65. The summed E-state index contributed by atoms with van der Waals surface area (Å²) in [6.45, 7) is 0.250. The minimum atomic E-state index is 0.250. The molecule has 1 aliphatic carbocycles. The number of hydrogen-bond donors (Lipinski definition) is 1. The minimum Gasteiger partial charge on any atom is -0.496 e. The lowest BCUT2D eigenvalue weighted by Crippen LogP contribution is -2.06. The number of nitrogens with two attached hydrogens (primary N) is 1. The fourth-order valence-electron chi connectivity index (χ4n) is 2.65. The second-order valence-electron chi connectivity index (χ2n) is 4.71. The van der Waals surface area contributed by atoms with Gasteiger partial charge in [-0.3, -0.25) is 0 Å².